The Kier molecular flexibility index (Phi) is 6.17. The van der Waals surface area contributed by atoms with Crippen LogP contribution in [-0.2, 0) is 6.42 Å². The molecule has 0 radical (unpaired) electrons. The van der Waals surface area contributed by atoms with E-state index in [1.165, 1.54) is 0 Å². The van der Waals surface area contributed by atoms with Crippen LogP contribution in [-0.4, -0.2) is 7.11 Å². The monoisotopic (exact) mass is 322 g/mol. The molecule has 0 heterocycles. The van der Waals surface area contributed by atoms with Gasteiger partial charge in [0.2, 0.25) is 11.7 Å². The third kappa shape index (κ3) is 5.00. The Morgan fingerprint density at radius 3 is 1.71 bits per heavy atom. The van der Waals surface area contributed by atoms with Crippen LogP contribution in [0.5, 0.6) is 5.75 Å². The van der Waals surface area contributed by atoms with Crippen molar-refractivity contribution in [3.63, 3.8) is 0 Å². The molecule has 0 spiro atoms. The smallest absolute Gasteiger partial charge is 0.217 e. The van der Waals surface area contributed by atoms with Gasteiger partial charge in [-0.1, -0.05) is 30.9 Å². The largest absolute Gasteiger partial charge is 0.497 e. The van der Waals surface area contributed by atoms with Gasteiger partial charge in [0.1, 0.15) is 5.75 Å². The Hall–Kier alpha value is -3.04. The van der Waals surface area contributed by atoms with E-state index in [2.05, 4.69) is 23.7 Å². The highest BCUT2D eigenvalue weighted by molar-refractivity contribution is 5.46. The van der Waals surface area contributed by atoms with E-state index in [1.54, 1.807) is 43.5 Å². The van der Waals surface area contributed by atoms with E-state index >= 15 is 0 Å². The first-order valence-corrected chi connectivity index (χ1v) is 7.44. The fraction of sp³-hybridized carbons (Fsp3) is 0.143. The molecule has 0 aliphatic carbocycles. The van der Waals surface area contributed by atoms with Gasteiger partial charge in [-0.3, -0.25) is 0 Å². The molecule has 1 nitrogen and oxygen atoms in total. The molecule has 2 aromatic carbocycles. The van der Waals surface area contributed by atoms with Gasteiger partial charge >= 0.3 is 0 Å². The van der Waals surface area contributed by atoms with E-state index in [0.717, 1.165) is 12.0 Å². The van der Waals surface area contributed by atoms with Crippen molar-refractivity contribution in [2.24, 2.45) is 0 Å². The molecule has 0 fully saturated rings. The lowest BCUT2D eigenvalue weighted by molar-refractivity contribution is 0.415. The Morgan fingerprint density at radius 2 is 1.29 bits per heavy atom. The minimum absolute atomic E-state index is 0.557. The lowest BCUT2D eigenvalue weighted by Crippen LogP contribution is -1.82. The standard InChI is InChI=1S/C21H16F2O/c1-3-16-4-6-17(7-5-16)10-14-20(22)21(23)15-11-18-8-12-19(24-2)13-9-18/h4-9,12-13H,3H2,1-2H3/b21-20+. The van der Waals surface area contributed by atoms with Crippen molar-refractivity contribution in [3.8, 4) is 29.4 Å². The molecule has 0 saturated carbocycles. The number of methoxy groups -OCH3 is 1. The Balaban J connectivity index is 2.13. The minimum atomic E-state index is -1.18. The molecular formula is C21H16F2O. The zero-order chi connectivity index (χ0) is 17.4. The predicted octanol–water partition coefficient (Wildman–Crippen LogP) is 4.81. The summed E-state index contributed by atoms with van der Waals surface area (Å²) in [6.07, 6.45) is 0.914. The van der Waals surface area contributed by atoms with Gasteiger partial charge < -0.3 is 4.74 Å². The molecule has 0 bridgehead atoms. The fourth-order valence-corrected chi connectivity index (χ4v) is 1.86. The summed E-state index contributed by atoms with van der Waals surface area (Å²) < 4.78 is 32.3. The van der Waals surface area contributed by atoms with Crippen LogP contribution in [0.25, 0.3) is 0 Å². The molecular weight excluding hydrogens is 306 g/mol. The minimum Gasteiger partial charge on any atom is -0.497 e. The number of aryl methyl sites for hydroxylation is 1. The summed E-state index contributed by atoms with van der Waals surface area (Å²) in [7, 11) is 1.55. The highest BCUT2D eigenvalue weighted by Gasteiger charge is 1.99. The Labute approximate surface area is 141 Å². The van der Waals surface area contributed by atoms with Crippen LogP contribution in [0.4, 0.5) is 8.78 Å². The van der Waals surface area contributed by atoms with Gasteiger partial charge in [0.05, 0.1) is 7.11 Å². The molecule has 0 atom stereocenters. The first-order valence-electron chi connectivity index (χ1n) is 7.44. The van der Waals surface area contributed by atoms with Crippen molar-refractivity contribution >= 4 is 0 Å². The maximum atomic E-state index is 13.7. The zero-order valence-corrected chi connectivity index (χ0v) is 13.5. The van der Waals surface area contributed by atoms with Gasteiger partial charge in [0.25, 0.3) is 0 Å². The average Bonchev–Trinajstić information content (AvgIpc) is 2.64. The molecule has 3 heteroatoms. The Bertz CT molecular complexity index is 766. The molecule has 0 amide bonds. The van der Waals surface area contributed by atoms with Crippen LogP contribution in [0.15, 0.2) is 60.2 Å². The van der Waals surface area contributed by atoms with Crippen LogP contribution in [0, 0.1) is 23.7 Å². The second-order valence-electron chi connectivity index (χ2n) is 4.91. The van der Waals surface area contributed by atoms with Gasteiger partial charge in [-0.05, 0) is 60.2 Å². The lowest BCUT2D eigenvalue weighted by Gasteiger charge is -1.97. The summed E-state index contributed by atoms with van der Waals surface area (Å²) in [4.78, 5) is 0. The molecule has 0 saturated heterocycles. The summed E-state index contributed by atoms with van der Waals surface area (Å²) in [6, 6.07) is 14.1. The molecule has 0 aliphatic rings. The SMILES string of the molecule is CCc1ccc(C#C/C(F)=C(\F)C#Cc2ccc(OC)cc2)cc1. The summed E-state index contributed by atoms with van der Waals surface area (Å²) >= 11 is 0. The average molecular weight is 322 g/mol. The first-order chi connectivity index (χ1) is 11.6. The first kappa shape index (κ1) is 17.3. The van der Waals surface area contributed by atoms with Crippen LogP contribution < -0.4 is 4.74 Å². The van der Waals surface area contributed by atoms with Gasteiger partial charge in [0.15, 0.2) is 0 Å². The number of ether oxygens (including phenoxy) is 1. The van der Waals surface area contributed by atoms with Crippen LogP contribution >= 0.6 is 0 Å². The second-order valence-corrected chi connectivity index (χ2v) is 4.91. The number of allylic oxidation sites excluding steroid dienone is 2. The van der Waals surface area contributed by atoms with E-state index in [9.17, 15) is 8.78 Å². The van der Waals surface area contributed by atoms with Crippen LogP contribution in [0.1, 0.15) is 23.6 Å². The number of hydrogen-bond donors (Lipinski definition) is 0. The van der Waals surface area contributed by atoms with Crippen molar-refractivity contribution in [1.82, 2.24) is 0 Å². The third-order valence-electron chi connectivity index (χ3n) is 3.28. The maximum Gasteiger partial charge on any atom is 0.217 e. The van der Waals surface area contributed by atoms with Gasteiger partial charge in [-0.2, -0.15) is 8.78 Å². The van der Waals surface area contributed by atoms with E-state index in [0.29, 0.717) is 16.9 Å². The maximum absolute atomic E-state index is 13.7. The van der Waals surface area contributed by atoms with Crippen molar-refractivity contribution in [3.05, 3.63) is 76.9 Å². The summed E-state index contributed by atoms with van der Waals surface area (Å²) in [5.74, 6) is 7.74. The number of benzene rings is 2. The lowest BCUT2D eigenvalue weighted by atomic mass is 10.1. The van der Waals surface area contributed by atoms with E-state index in [-0.39, 0.29) is 0 Å². The molecule has 0 aliphatic heterocycles. The molecule has 2 aromatic rings. The molecule has 2 rings (SSSR count). The van der Waals surface area contributed by atoms with Gasteiger partial charge in [0, 0.05) is 11.1 Å². The molecule has 0 unspecified atom stereocenters. The number of hydrogen-bond acceptors (Lipinski definition) is 1. The summed E-state index contributed by atoms with van der Waals surface area (Å²) in [6.45, 7) is 2.04. The third-order valence-corrected chi connectivity index (χ3v) is 3.28. The summed E-state index contributed by atoms with van der Waals surface area (Å²) in [5.41, 5.74) is 2.34. The summed E-state index contributed by atoms with van der Waals surface area (Å²) in [5, 5.41) is 0. The topological polar surface area (TPSA) is 9.23 Å². The van der Waals surface area contributed by atoms with Crippen LogP contribution in [0.3, 0.4) is 0 Å². The number of rotatable bonds is 2. The van der Waals surface area contributed by atoms with Gasteiger partial charge in [-0.15, -0.1) is 0 Å². The predicted molar refractivity (Wildman–Crippen MR) is 91.8 cm³/mol. The Morgan fingerprint density at radius 1 is 0.833 bits per heavy atom. The number of halogens is 2. The fourth-order valence-electron chi connectivity index (χ4n) is 1.86. The van der Waals surface area contributed by atoms with Crippen molar-refractivity contribution in [2.45, 2.75) is 13.3 Å². The van der Waals surface area contributed by atoms with E-state index in [1.807, 2.05) is 19.1 Å². The van der Waals surface area contributed by atoms with Gasteiger partial charge in [-0.25, -0.2) is 0 Å². The zero-order valence-electron chi connectivity index (χ0n) is 13.5. The molecule has 0 N–H and O–H groups in total. The van der Waals surface area contributed by atoms with Crippen molar-refractivity contribution < 1.29 is 13.5 Å². The molecule has 0 aromatic heterocycles. The molecule has 24 heavy (non-hydrogen) atoms. The van der Waals surface area contributed by atoms with E-state index < -0.39 is 11.7 Å². The highest BCUT2D eigenvalue weighted by atomic mass is 19.2. The molecule has 120 valence electrons. The van der Waals surface area contributed by atoms with Crippen LogP contribution in [0.2, 0.25) is 0 Å². The quantitative estimate of drug-likeness (QED) is 0.721. The highest BCUT2D eigenvalue weighted by Crippen LogP contribution is 2.11. The normalized spacial score (nSPS) is 10.7. The van der Waals surface area contributed by atoms with Crippen molar-refractivity contribution in [1.29, 1.82) is 0 Å². The van der Waals surface area contributed by atoms with E-state index in [4.69, 9.17) is 4.74 Å². The second kappa shape index (κ2) is 8.56. The van der Waals surface area contributed by atoms with Crippen molar-refractivity contribution in [2.75, 3.05) is 7.11 Å².